The number of nitrogens with zero attached hydrogens (tertiary/aromatic N) is 2. The van der Waals surface area contributed by atoms with E-state index in [0.717, 1.165) is 49.5 Å². The monoisotopic (exact) mass is 471 g/mol. The van der Waals surface area contributed by atoms with Gasteiger partial charge in [-0.1, -0.05) is 12.1 Å². The van der Waals surface area contributed by atoms with Crippen LogP contribution >= 0.6 is 11.3 Å². The van der Waals surface area contributed by atoms with E-state index < -0.39 is 12.1 Å². The molecule has 7 nitrogen and oxygen atoms in total. The lowest BCUT2D eigenvalue weighted by Gasteiger charge is -2.38. The van der Waals surface area contributed by atoms with Gasteiger partial charge in [0.1, 0.15) is 0 Å². The predicted molar refractivity (Wildman–Crippen MR) is 111 cm³/mol. The van der Waals surface area contributed by atoms with Crippen molar-refractivity contribution in [2.75, 3.05) is 19.7 Å². The average Bonchev–Trinajstić information content (AvgIpc) is 3.42. The van der Waals surface area contributed by atoms with Gasteiger partial charge in [0.05, 0.1) is 28.8 Å². The zero-order chi connectivity index (χ0) is 23.2. The third-order valence-corrected chi connectivity index (χ3v) is 6.28. The fraction of sp³-hybridized carbons (Fsp3) is 0.476. The van der Waals surface area contributed by atoms with Gasteiger partial charge in [-0.05, 0) is 42.8 Å². The van der Waals surface area contributed by atoms with Crippen LogP contribution in [0.1, 0.15) is 34.6 Å². The van der Waals surface area contributed by atoms with Crippen LogP contribution in [-0.2, 0) is 16.1 Å². The molecule has 2 aromatic heterocycles. The van der Waals surface area contributed by atoms with Crippen molar-refractivity contribution in [3.8, 4) is 0 Å². The Morgan fingerprint density at radius 3 is 2.53 bits per heavy atom. The number of amides is 1. The fourth-order valence-corrected chi connectivity index (χ4v) is 4.42. The number of ether oxygens (including phenoxy) is 1. The maximum absolute atomic E-state index is 12.2. The van der Waals surface area contributed by atoms with Gasteiger partial charge in [0, 0.05) is 25.8 Å². The molecule has 0 aliphatic carbocycles. The first-order chi connectivity index (χ1) is 15.2. The van der Waals surface area contributed by atoms with Gasteiger partial charge in [0.2, 0.25) is 0 Å². The van der Waals surface area contributed by atoms with Crippen molar-refractivity contribution in [2.45, 2.75) is 43.6 Å². The second-order valence-electron chi connectivity index (χ2n) is 7.75. The summed E-state index contributed by atoms with van der Waals surface area (Å²) >= 11 is 1.48. The number of thiophene rings is 1. The highest BCUT2D eigenvalue weighted by atomic mass is 32.1. The van der Waals surface area contributed by atoms with Crippen molar-refractivity contribution < 1.29 is 32.6 Å². The Bertz CT molecular complexity index is 885. The molecular formula is C21H24F3N3O4S. The first-order valence-corrected chi connectivity index (χ1v) is 11.0. The number of nitrogens with one attached hydrogen (secondary N) is 1. The molecule has 1 atom stereocenters. The molecule has 0 radical (unpaired) electrons. The SMILES string of the molecule is O=C(NC1COC2(CCN(Cc3ccccn3)CC2)C1)c1cccs1.O=C(O)C(F)(F)F. The molecule has 2 saturated heterocycles. The number of carbonyl (C=O) groups excluding carboxylic acids is 1. The van der Waals surface area contributed by atoms with Gasteiger partial charge < -0.3 is 15.2 Å². The Hall–Kier alpha value is -2.50. The third-order valence-electron chi connectivity index (χ3n) is 5.41. The Morgan fingerprint density at radius 1 is 1.25 bits per heavy atom. The number of carbonyl (C=O) groups is 2. The van der Waals surface area contributed by atoms with Gasteiger partial charge in [-0.25, -0.2) is 4.79 Å². The summed E-state index contributed by atoms with van der Waals surface area (Å²) in [4.78, 5) is 28.7. The molecule has 0 saturated carbocycles. The van der Waals surface area contributed by atoms with Crippen LogP contribution in [-0.4, -0.2) is 64.4 Å². The van der Waals surface area contributed by atoms with Crippen LogP contribution < -0.4 is 5.32 Å². The fourth-order valence-electron chi connectivity index (χ4n) is 3.79. The molecule has 2 aromatic rings. The largest absolute Gasteiger partial charge is 0.490 e. The molecule has 1 amide bonds. The van der Waals surface area contributed by atoms with Crippen LogP contribution in [0.3, 0.4) is 0 Å². The van der Waals surface area contributed by atoms with Crippen molar-refractivity contribution in [2.24, 2.45) is 0 Å². The predicted octanol–water partition coefficient (Wildman–Crippen LogP) is 3.33. The lowest BCUT2D eigenvalue weighted by atomic mass is 9.87. The van der Waals surface area contributed by atoms with E-state index in [-0.39, 0.29) is 17.6 Å². The van der Waals surface area contributed by atoms with Crippen molar-refractivity contribution in [1.29, 1.82) is 0 Å². The number of piperidine rings is 1. The summed E-state index contributed by atoms with van der Waals surface area (Å²) in [5.74, 6) is -2.74. The standard InChI is InChI=1S/C19H23N3O2S.C2HF3O2/c23-18(17-5-3-11-25-17)21-16-12-19(24-14-16)6-9-22(10-7-19)13-15-4-1-2-8-20-15;3-2(4,5)1(6)7/h1-5,8,11,16H,6-7,9-10,12-14H2,(H,21,23);(H,6,7). The molecule has 2 aliphatic heterocycles. The van der Waals surface area contributed by atoms with Gasteiger partial charge in [0.25, 0.3) is 5.91 Å². The Kier molecular flexibility index (Phi) is 7.86. The number of aromatic nitrogens is 1. The molecular weight excluding hydrogens is 447 g/mol. The van der Waals surface area contributed by atoms with Gasteiger partial charge in [-0.15, -0.1) is 11.3 Å². The molecule has 174 valence electrons. The molecule has 2 fully saturated rings. The molecule has 4 rings (SSSR count). The van der Waals surface area contributed by atoms with Crippen LogP contribution in [0.15, 0.2) is 41.9 Å². The first-order valence-electron chi connectivity index (χ1n) is 10.1. The summed E-state index contributed by atoms with van der Waals surface area (Å²) in [7, 11) is 0. The van der Waals surface area contributed by atoms with Crippen molar-refractivity contribution >= 4 is 23.2 Å². The summed E-state index contributed by atoms with van der Waals surface area (Å²) in [6.07, 6.45) is -0.278. The van der Waals surface area contributed by atoms with Crippen LogP contribution in [0.25, 0.3) is 0 Å². The maximum Gasteiger partial charge on any atom is 0.490 e. The van der Waals surface area contributed by atoms with Crippen LogP contribution in [0, 0.1) is 0 Å². The molecule has 11 heteroatoms. The maximum atomic E-state index is 12.2. The number of carboxylic acid groups (broad SMARTS) is 1. The first kappa shape index (κ1) is 24.1. The number of rotatable bonds is 4. The minimum atomic E-state index is -5.08. The van der Waals surface area contributed by atoms with E-state index in [1.165, 1.54) is 11.3 Å². The van der Waals surface area contributed by atoms with Crippen molar-refractivity contribution in [1.82, 2.24) is 15.2 Å². The van der Waals surface area contributed by atoms with E-state index in [1.807, 2.05) is 35.8 Å². The van der Waals surface area contributed by atoms with Crippen LogP contribution in [0.4, 0.5) is 13.2 Å². The summed E-state index contributed by atoms with van der Waals surface area (Å²) in [5, 5.41) is 12.2. The zero-order valence-electron chi connectivity index (χ0n) is 17.2. The molecule has 2 aliphatic rings. The van der Waals surface area contributed by atoms with E-state index in [4.69, 9.17) is 14.6 Å². The average molecular weight is 472 g/mol. The molecule has 4 heterocycles. The second kappa shape index (κ2) is 10.4. The molecule has 0 aromatic carbocycles. The van der Waals surface area contributed by atoms with E-state index in [2.05, 4.69) is 21.3 Å². The number of alkyl halides is 3. The lowest BCUT2D eigenvalue weighted by Crippen LogP contribution is -2.44. The quantitative estimate of drug-likeness (QED) is 0.711. The molecule has 32 heavy (non-hydrogen) atoms. The topological polar surface area (TPSA) is 91.8 Å². The highest BCUT2D eigenvalue weighted by Gasteiger charge is 2.43. The molecule has 1 spiro atoms. The highest BCUT2D eigenvalue weighted by Crippen LogP contribution is 2.36. The van der Waals surface area contributed by atoms with E-state index in [0.29, 0.717) is 6.61 Å². The smallest absolute Gasteiger partial charge is 0.475 e. The zero-order valence-corrected chi connectivity index (χ0v) is 18.0. The number of pyridine rings is 1. The minimum Gasteiger partial charge on any atom is -0.475 e. The summed E-state index contributed by atoms with van der Waals surface area (Å²) < 4.78 is 37.9. The van der Waals surface area contributed by atoms with Crippen LogP contribution in [0.2, 0.25) is 0 Å². The van der Waals surface area contributed by atoms with Crippen molar-refractivity contribution in [3.05, 3.63) is 52.5 Å². The van der Waals surface area contributed by atoms with Gasteiger partial charge in [0.15, 0.2) is 0 Å². The van der Waals surface area contributed by atoms with Gasteiger partial charge >= 0.3 is 12.1 Å². The third kappa shape index (κ3) is 6.75. The molecule has 2 N–H and O–H groups in total. The Labute approximate surface area is 187 Å². The lowest BCUT2D eigenvalue weighted by molar-refractivity contribution is -0.192. The normalized spacial score (nSPS) is 20.4. The number of halogens is 3. The van der Waals surface area contributed by atoms with Crippen LogP contribution in [0.5, 0.6) is 0 Å². The number of hydrogen-bond donors (Lipinski definition) is 2. The van der Waals surface area contributed by atoms with Gasteiger partial charge in [-0.2, -0.15) is 13.2 Å². The summed E-state index contributed by atoms with van der Waals surface area (Å²) in [5.41, 5.74) is 1.06. The Morgan fingerprint density at radius 2 is 1.97 bits per heavy atom. The van der Waals surface area contributed by atoms with E-state index in [9.17, 15) is 18.0 Å². The van der Waals surface area contributed by atoms with E-state index >= 15 is 0 Å². The number of likely N-dealkylation sites (tertiary alicyclic amines) is 1. The summed E-state index contributed by atoms with van der Waals surface area (Å²) in [6, 6.07) is 9.95. The molecule has 0 bridgehead atoms. The highest BCUT2D eigenvalue weighted by molar-refractivity contribution is 7.12. The number of hydrogen-bond acceptors (Lipinski definition) is 6. The minimum absolute atomic E-state index is 0.0215. The number of carboxylic acids is 1. The second-order valence-corrected chi connectivity index (χ2v) is 8.69. The van der Waals surface area contributed by atoms with Crippen molar-refractivity contribution in [3.63, 3.8) is 0 Å². The van der Waals surface area contributed by atoms with E-state index in [1.54, 1.807) is 0 Å². The Balaban J connectivity index is 0.000000360. The molecule has 1 unspecified atom stereocenters. The summed E-state index contributed by atoms with van der Waals surface area (Å²) in [6.45, 7) is 3.55. The number of aliphatic carboxylic acids is 1. The van der Waals surface area contributed by atoms with Gasteiger partial charge in [-0.3, -0.25) is 14.7 Å².